The van der Waals surface area contributed by atoms with Crippen LogP contribution in [0.25, 0.3) is 0 Å². The van der Waals surface area contributed by atoms with Gasteiger partial charge in [-0.25, -0.2) is 0 Å². The normalized spacial score (nSPS) is 13.1. The first kappa shape index (κ1) is 16.4. The maximum Gasteiger partial charge on any atom is 0.0692 e. The summed E-state index contributed by atoms with van der Waals surface area (Å²) in [7, 11) is 0. The highest BCUT2D eigenvalue weighted by molar-refractivity contribution is 9.10. The van der Waals surface area contributed by atoms with E-state index >= 15 is 0 Å². The molecule has 1 unspecified atom stereocenters. The van der Waals surface area contributed by atoms with E-state index in [1.807, 2.05) is 18.2 Å². The minimum Gasteiger partial charge on any atom is -0.398 e. The average molecular weight is 365 g/mol. The molecule has 0 aliphatic rings. The van der Waals surface area contributed by atoms with Crippen LogP contribution in [0.3, 0.4) is 0 Å². The number of anilines is 1. The maximum absolute atomic E-state index is 6.20. The fourth-order valence-corrected chi connectivity index (χ4v) is 3.10. The third-order valence-electron chi connectivity index (χ3n) is 2.98. The molecule has 0 bridgehead atoms. The molecule has 0 radical (unpaired) electrons. The van der Waals surface area contributed by atoms with Crippen LogP contribution in [0.1, 0.15) is 37.9 Å². The van der Waals surface area contributed by atoms with Gasteiger partial charge >= 0.3 is 0 Å². The summed E-state index contributed by atoms with van der Waals surface area (Å²) in [6.45, 7) is 6.57. The summed E-state index contributed by atoms with van der Waals surface area (Å²) in [5.74, 6) is 0. The fourth-order valence-electron chi connectivity index (χ4n) is 1.99. The molecule has 1 atom stereocenters. The van der Waals surface area contributed by atoms with Gasteiger partial charge in [-0.3, -0.25) is 4.72 Å². The van der Waals surface area contributed by atoms with E-state index in [1.54, 1.807) is 11.9 Å². The topological polar surface area (TPSA) is 38.0 Å². The summed E-state index contributed by atoms with van der Waals surface area (Å²) in [5.41, 5.74) is 9.29. The molecule has 0 fully saturated rings. The summed E-state index contributed by atoms with van der Waals surface area (Å²) in [5, 5.41) is 0. The highest BCUT2D eigenvalue weighted by Crippen LogP contribution is 2.33. The largest absolute Gasteiger partial charge is 0.398 e. The van der Waals surface area contributed by atoms with E-state index in [0.29, 0.717) is 0 Å². The highest BCUT2D eigenvalue weighted by atomic mass is 79.9. The lowest BCUT2D eigenvalue weighted by atomic mass is 9.98. The summed E-state index contributed by atoms with van der Waals surface area (Å²) in [6.07, 6.45) is 0. The van der Waals surface area contributed by atoms with Gasteiger partial charge in [0.2, 0.25) is 0 Å². The Morgan fingerprint density at radius 2 is 1.76 bits per heavy atom. The van der Waals surface area contributed by atoms with Crippen LogP contribution in [0.4, 0.5) is 5.69 Å². The summed E-state index contributed by atoms with van der Waals surface area (Å²) in [4.78, 5) is 0. The van der Waals surface area contributed by atoms with E-state index in [9.17, 15) is 0 Å². The predicted octanol–water partition coefficient (Wildman–Crippen LogP) is 5.16. The molecule has 4 heteroatoms. The van der Waals surface area contributed by atoms with Gasteiger partial charge in [-0.1, -0.05) is 58.2 Å². The average Bonchev–Trinajstić information content (AvgIpc) is 2.43. The van der Waals surface area contributed by atoms with Crippen molar-refractivity contribution in [1.29, 1.82) is 0 Å². The molecule has 2 aromatic rings. The molecule has 2 nitrogen and oxygen atoms in total. The summed E-state index contributed by atoms with van der Waals surface area (Å²) in [6, 6.07) is 16.5. The minimum atomic E-state index is 0.0629. The molecule has 0 saturated heterocycles. The Labute approximate surface area is 139 Å². The third-order valence-corrected chi connectivity index (χ3v) is 4.43. The molecule has 0 aliphatic heterocycles. The van der Waals surface area contributed by atoms with Crippen molar-refractivity contribution in [2.45, 2.75) is 31.6 Å². The number of rotatable bonds is 4. The second-order valence-electron chi connectivity index (χ2n) is 5.95. The van der Waals surface area contributed by atoms with Gasteiger partial charge in [-0.05, 0) is 50.1 Å². The summed E-state index contributed by atoms with van der Waals surface area (Å²) < 4.78 is 4.75. The van der Waals surface area contributed by atoms with Crippen molar-refractivity contribution in [2.24, 2.45) is 0 Å². The second kappa shape index (κ2) is 6.86. The standard InChI is InChI=1S/C17H21BrN2S/c1-17(2,3)21-20-16(12-7-5-4-6-8-12)14-11-13(18)9-10-15(14)19/h4-11,16,20H,19H2,1-3H3. The quantitative estimate of drug-likeness (QED) is 0.581. The lowest BCUT2D eigenvalue weighted by Crippen LogP contribution is -2.23. The first-order chi connectivity index (χ1) is 9.87. The van der Waals surface area contributed by atoms with Crippen molar-refractivity contribution in [1.82, 2.24) is 4.72 Å². The van der Waals surface area contributed by atoms with Gasteiger partial charge in [0.1, 0.15) is 0 Å². The molecule has 2 rings (SSSR count). The van der Waals surface area contributed by atoms with Crippen molar-refractivity contribution in [3.63, 3.8) is 0 Å². The molecular weight excluding hydrogens is 344 g/mol. The molecule has 112 valence electrons. The molecule has 0 amide bonds. The van der Waals surface area contributed by atoms with Crippen molar-refractivity contribution in [3.05, 3.63) is 64.1 Å². The molecule has 0 aromatic heterocycles. The number of nitrogen functional groups attached to an aromatic ring is 1. The maximum atomic E-state index is 6.20. The Bertz CT molecular complexity index is 593. The highest BCUT2D eigenvalue weighted by Gasteiger charge is 2.20. The Morgan fingerprint density at radius 1 is 1.10 bits per heavy atom. The molecule has 3 N–H and O–H groups in total. The van der Waals surface area contributed by atoms with Gasteiger partial charge in [0, 0.05) is 14.9 Å². The van der Waals surface area contributed by atoms with Crippen LogP contribution in [0.5, 0.6) is 0 Å². The number of nitrogens with two attached hydrogens (primary N) is 1. The molecule has 0 saturated carbocycles. The number of benzene rings is 2. The van der Waals surface area contributed by atoms with Crippen LogP contribution in [0, 0.1) is 0 Å². The minimum absolute atomic E-state index is 0.0629. The van der Waals surface area contributed by atoms with Crippen LogP contribution >= 0.6 is 27.9 Å². The summed E-state index contributed by atoms with van der Waals surface area (Å²) >= 11 is 5.26. The van der Waals surface area contributed by atoms with E-state index in [2.05, 4.69) is 71.8 Å². The van der Waals surface area contributed by atoms with E-state index in [0.717, 1.165) is 15.7 Å². The van der Waals surface area contributed by atoms with Crippen LogP contribution < -0.4 is 10.5 Å². The van der Waals surface area contributed by atoms with E-state index in [1.165, 1.54) is 5.56 Å². The van der Waals surface area contributed by atoms with Crippen molar-refractivity contribution in [3.8, 4) is 0 Å². The van der Waals surface area contributed by atoms with Crippen LogP contribution in [-0.4, -0.2) is 4.75 Å². The van der Waals surface area contributed by atoms with Crippen LogP contribution in [-0.2, 0) is 0 Å². The lowest BCUT2D eigenvalue weighted by Gasteiger charge is -2.26. The molecule has 2 aromatic carbocycles. The van der Waals surface area contributed by atoms with Gasteiger partial charge in [-0.15, -0.1) is 0 Å². The predicted molar refractivity (Wildman–Crippen MR) is 97.3 cm³/mol. The Kier molecular flexibility index (Phi) is 5.36. The van der Waals surface area contributed by atoms with E-state index < -0.39 is 0 Å². The second-order valence-corrected chi connectivity index (χ2v) is 8.53. The Morgan fingerprint density at radius 3 is 2.38 bits per heavy atom. The number of hydrogen-bond donors (Lipinski definition) is 2. The Hall–Kier alpha value is -0.970. The van der Waals surface area contributed by atoms with Crippen LogP contribution in [0.15, 0.2) is 53.0 Å². The van der Waals surface area contributed by atoms with E-state index in [4.69, 9.17) is 5.73 Å². The zero-order valence-electron chi connectivity index (χ0n) is 12.6. The van der Waals surface area contributed by atoms with Gasteiger partial charge in [0.25, 0.3) is 0 Å². The number of nitrogens with one attached hydrogen (secondary N) is 1. The van der Waals surface area contributed by atoms with Crippen LogP contribution in [0.2, 0.25) is 0 Å². The molecule has 21 heavy (non-hydrogen) atoms. The molecular formula is C17H21BrN2S. The molecule has 0 spiro atoms. The smallest absolute Gasteiger partial charge is 0.0692 e. The zero-order valence-corrected chi connectivity index (χ0v) is 15.0. The van der Waals surface area contributed by atoms with Gasteiger partial charge in [-0.2, -0.15) is 0 Å². The monoisotopic (exact) mass is 364 g/mol. The first-order valence-corrected chi connectivity index (χ1v) is 8.51. The first-order valence-electron chi connectivity index (χ1n) is 6.90. The number of halogens is 1. The van der Waals surface area contributed by atoms with Gasteiger partial charge in [0.05, 0.1) is 6.04 Å². The Balaban J connectivity index is 2.38. The van der Waals surface area contributed by atoms with Crippen molar-refractivity contribution >= 4 is 33.6 Å². The van der Waals surface area contributed by atoms with Gasteiger partial charge in [0.15, 0.2) is 0 Å². The SMILES string of the molecule is CC(C)(C)SNC(c1ccccc1)c1cc(Br)ccc1N. The zero-order chi connectivity index (χ0) is 15.5. The fraction of sp³-hybridized carbons (Fsp3) is 0.294. The molecule has 0 aliphatic carbocycles. The number of hydrogen-bond acceptors (Lipinski definition) is 3. The van der Waals surface area contributed by atoms with Crippen molar-refractivity contribution < 1.29 is 0 Å². The molecule has 0 heterocycles. The lowest BCUT2D eigenvalue weighted by molar-refractivity contribution is 0.753. The van der Waals surface area contributed by atoms with Gasteiger partial charge < -0.3 is 5.73 Å². The van der Waals surface area contributed by atoms with E-state index in [-0.39, 0.29) is 10.8 Å². The van der Waals surface area contributed by atoms with Crippen molar-refractivity contribution in [2.75, 3.05) is 5.73 Å². The third kappa shape index (κ3) is 4.77.